The standard InChI is InChI=1S/C25H24N6OS/c1-15-9-11-18(12-10-15)13-20-16(2)26-17(3)27-23(20)28-24-29-25-31(30-24)21(14-33-25)19-7-5-6-8-22(19)32-4/h5-12,14H,13H2,1-4H3,(H,26,27,28,30). The second-order valence-corrected chi connectivity index (χ2v) is 8.76. The van der Waals surface area contributed by atoms with Gasteiger partial charge in [0.1, 0.15) is 17.4 Å². The molecule has 8 heteroatoms. The number of hydrogen-bond donors (Lipinski definition) is 1. The highest BCUT2D eigenvalue weighted by atomic mass is 32.1. The van der Waals surface area contributed by atoms with E-state index in [4.69, 9.17) is 9.84 Å². The topological polar surface area (TPSA) is 77.2 Å². The number of aryl methyl sites for hydroxylation is 3. The molecule has 33 heavy (non-hydrogen) atoms. The van der Waals surface area contributed by atoms with Crippen LogP contribution in [0.4, 0.5) is 11.8 Å². The summed E-state index contributed by atoms with van der Waals surface area (Å²) in [5.74, 6) is 2.74. The highest BCUT2D eigenvalue weighted by Crippen LogP contribution is 2.33. The van der Waals surface area contributed by atoms with Gasteiger partial charge in [0.05, 0.1) is 12.8 Å². The summed E-state index contributed by atoms with van der Waals surface area (Å²) in [5.41, 5.74) is 6.33. The fourth-order valence-corrected chi connectivity index (χ4v) is 4.67. The van der Waals surface area contributed by atoms with Crippen LogP contribution in [0.5, 0.6) is 5.75 Å². The van der Waals surface area contributed by atoms with E-state index in [2.05, 4.69) is 51.5 Å². The molecule has 0 radical (unpaired) electrons. The van der Waals surface area contributed by atoms with Crippen molar-refractivity contribution >= 4 is 28.1 Å². The van der Waals surface area contributed by atoms with Gasteiger partial charge in [-0.3, -0.25) is 0 Å². The van der Waals surface area contributed by atoms with E-state index in [1.807, 2.05) is 48.0 Å². The number of anilines is 2. The molecule has 3 heterocycles. The van der Waals surface area contributed by atoms with Gasteiger partial charge in [0.15, 0.2) is 0 Å². The number of aromatic nitrogens is 5. The lowest BCUT2D eigenvalue weighted by molar-refractivity contribution is 0.416. The van der Waals surface area contributed by atoms with Gasteiger partial charge in [0.25, 0.3) is 0 Å². The van der Waals surface area contributed by atoms with Crippen molar-refractivity contribution in [1.29, 1.82) is 0 Å². The van der Waals surface area contributed by atoms with E-state index in [9.17, 15) is 0 Å². The Balaban J connectivity index is 1.51. The molecule has 0 aliphatic carbocycles. The summed E-state index contributed by atoms with van der Waals surface area (Å²) in [6, 6.07) is 16.4. The van der Waals surface area contributed by atoms with Crippen molar-refractivity contribution in [2.45, 2.75) is 27.2 Å². The van der Waals surface area contributed by atoms with Crippen LogP contribution >= 0.6 is 11.3 Å². The fourth-order valence-electron chi connectivity index (χ4n) is 3.84. The van der Waals surface area contributed by atoms with Gasteiger partial charge in [-0.25, -0.2) is 14.5 Å². The van der Waals surface area contributed by atoms with Gasteiger partial charge in [0, 0.05) is 28.6 Å². The number of hydrogen-bond acceptors (Lipinski definition) is 7. The number of fused-ring (bicyclic) bond motifs is 1. The average Bonchev–Trinajstić information content (AvgIpc) is 3.37. The second-order valence-electron chi connectivity index (χ2n) is 7.92. The zero-order valence-electron chi connectivity index (χ0n) is 19.0. The molecule has 0 bridgehead atoms. The molecule has 1 N–H and O–H groups in total. The number of nitrogens with zero attached hydrogens (tertiary/aromatic N) is 5. The lowest BCUT2D eigenvalue weighted by atomic mass is 10.0. The maximum absolute atomic E-state index is 5.54. The predicted octanol–water partition coefficient (Wildman–Crippen LogP) is 5.52. The molecule has 0 unspecified atom stereocenters. The third-order valence-corrected chi connectivity index (χ3v) is 6.34. The first-order valence-electron chi connectivity index (χ1n) is 10.7. The van der Waals surface area contributed by atoms with Crippen LogP contribution < -0.4 is 10.1 Å². The molecule has 3 aromatic heterocycles. The van der Waals surface area contributed by atoms with Crippen molar-refractivity contribution in [2.75, 3.05) is 12.4 Å². The zero-order chi connectivity index (χ0) is 22.9. The quantitative estimate of drug-likeness (QED) is 0.363. The maximum atomic E-state index is 5.54. The monoisotopic (exact) mass is 456 g/mol. The molecule has 2 aromatic carbocycles. The summed E-state index contributed by atoms with van der Waals surface area (Å²) in [7, 11) is 1.67. The minimum Gasteiger partial charge on any atom is -0.496 e. The van der Waals surface area contributed by atoms with Gasteiger partial charge in [-0.2, -0.15) is 4.98 Å². The van der Waals surface area contributed by atoms with Gasteiger partial charge in [0.2, 0.25) is 10.9 Å². The molecule has 0 fully saturated rings. The van der Waals surface area contributed by atoms with E-state index in [0.717, 1.165) is 45.5 Å². The third kappa shape index (κ3) is 4.17. The van der Waals surface area contributed by atoms with E-state index in [-0.39, 0.29) is 0 Å². The Kier molecular flexibility index (Phi) is 5.51. The van der Waals surface area contributed by atoms with Crippen molar-refractivity contribution in [3.8, 4) is 17.0 Å². The molecule has 0 amide bonds. The Bertz CT molecular complexity index is 1440. The van der Waals surface area contributed by atoms with Crippen molar-refractivity contribution in [3.05, 3.63) is 82.1 Å². The smallest absolute Gasteiger partial charge is 0.249 e. The normalized spacial score (nSPS) is 11.2. The summed E-state index contributed by atoms with van der Waals surface area (Å²) in [6.07, 6.45) is 0.726. The number of para-hydroxylation sites is 1. The van der Waals surface area contributed by atoms with Crippen LogP contribution in [-0.4, -0.2) is 31.7 Å². The van der Waals surface area contributed by atoms with Gasteiger partial charge in [-0.1, -0.05) is 42.0 Å². The number of thiazole rings is 1. The van der Waals surface area contributed by atoms with Crippen LogP contribution in [0.2, 0.25) is 0 Å². The van der Waals surface area contributed by atoms with Crippen LogP contribution in [0.3, 0.4) is 0 Å². The Morgan fingerprint density at radius 1 is 0.970 bits per heavy atom. The summed E-state index contributed by atoms with van der Waals surface area (Å²) in [6.45, 7) is 6.00. The van der Waals surface area contributed by atoms with E-state index >= 15 is 0 Å². The van der Waals surface area contributed by atoms with Gasteiger partial charge in [-0.15, -0.1) is 16.4 Å². The summed E-state index contributed by atoms with van der Waals surface area (Å²) < 4.78 is 7.38. The van der Waals surface area contributed by atoms with E-state index in [1.54, 1.807) is 7.11 Å². The largest absolute Gasteiger partial charge is 0.496 e. The molecule has 0 saturated carbocycles. The number of benzene rings is 2. The molecule has 0 atom stereocenters. The second kappa shape index (κ2) is 8.63. The molecular formula is C25H24N6OS. The maximum Gasteiger partial charge on any atom is 0.249 e. The van der Waals surface area contributed by atoms with Crippen LogP contribution in [0.1, 0.15) is 28.2 Å². The summed E-state index contributed by atoms with van der Waals surface area (Å²) in [4.78, 5) is 14.7. The Morgan fingerprint density at radius 3 is 2.55 bits per heavy atom. The van der Waals surface area contributed by atoms with Crippen LogP contribution in [-0.2, 0) is 6.42 Å². The summed E-state index contributed by atoms with van der Waals surface area (Å²) >= 11 is 1.53. The molecular weight excluding hydrogens is 432 g/mol. The van der Waals surface area contributed by atoms with Gasteiger partial charge < -0.3 is 10.1 Å². The first kappa shape index (κ1) is 21.1. The SMILES string of the molecule is COc1ccccc1-c1csc2nc(Nc3nc(C)nc(C)c3Cc3ccc(C)cc3)nn12. The number of methoxy groups -OCH3 is 1. The number of nitrogens with one attached hydrogen (secondary N) is 1. The van der Waals surface area contributed by atoms with Crippen molar-refractivity contribution in [2.24, 2.45) is 0 Å². The molecule has 5 aromatic rings. The Hall–Kier alpha value is -3.78. The summed E-state index contributed by atoms with van der Waals surface area (Å²) in [5, 5.41) is 10.1. The minimum absolute atomic E-state index is 0.501. The average molecular weight is 457 g/mol. The first-order chi connectivity index (χ1) is 16.0. The molecule has 0 aliphatic heterocycles. The molecule has 166 valence electrons. The lowest BCUT2D eigenvalue weighted by Gasteiger charge is -2.13. The molecule has 0 aliphatic rings. The fraction of sp³-hybridized carbons (Fsp3) is 0.200. The van der Waals surface area contributed by atoms with Crippen LogP contribution in [0.15, 0.2) is 53.9 Å². The highest BCUT2D eigenvalue weighted by molar-refractivity contribution is 7.15. The van der Waals surface area contributed by atoms with Crippen molar-refractivity contribution < 1.29 is 4.74 Å². The van der Waals surface area contributed by atoms with Gasteiger partial charge >= 0.3 is 0 Å². The molecule has 7 nitrogen and oxygen atoms in total. The first-order valence-corrected chi connectivity index (χ1v) is 11.5. The molecule has 0 spiro atoms. The predicted molar refractivity (Wildman–Crippen MR) is 132 cm³/mol. The molecule has 0 saturated heterocycles. The van der Waals surface area contributed by atoms with Crippen LogP contribution in [0.25, 0.3) is 16.2 Å². The van der Waals surface area contributed by atoms with E-state index < -0.39 is 0 Å². The Morgan fingerprint density at radius 2 is 1.76 bits per heavy atom. The van der Waals surface area contributed by atoms with Crippen molar-refractivity contribution in [3.63, 3.8) is 0 Å². The molecule has 5 rings (SSSR count). The lowest BCUT2D eigenvalue weighted by Crippen LogP contribution is -2.07. The van der Waals surface area contributed by atoms with Crippen LogP contribution in [0, 0.1) is 20.8 Å². The third-order valence-electron chi connectivity index (χ3n) is 5.52. The van der Waals surface area contributed by atoms with E-state index in [1.165, 1.54) is 22.5 Å². The number of rotatable bonds is 6. The van der Waals surface area contributed by atoms with Crippen molar-refractivity contribution in [1.82, 2.24) is 24.6 Å². The number of ether oxygens (including phenoxy) is 1. The van der Waals surface area contributed by atoms with Gasteiger partial charge in [-0.05, 0) is 38.5 Å². The minimum atomic E-state index is 0.501. The highest BCUT2D eigenvalue weighted by Gasteiger charge is 2.17. The van der Waals surface area contributed by atoms with E-state index in [0.29, 0.717) is 11.8 Å². The zero-order valence-corrected chi connectivity index (χ0v) is 19.8. The Labute approximate surface area is 196 Å².